The van der Waals surface area contributed by atoms with Crippen LogP contribution in [0.3, 0.4) is 0 Å². The van der Waals surface area contributed by atoms with Crippen LogP contribution in [0, 0.1) is 19.5 Å². The van der Waals surface area contributed by atoms with Crippen molar-refractivity contribution in [3.8, 4) is 5.75 Å². The molecule has 0 amide bonds. The number of nitrogens with zero attached hydrogens (tertiary/aromatic N) is 1. The van der Waals surface area contributed by atoms with Crippen molar-refractivity contribution in [3.05, 3.63) is 61.5 Å². The maximum absolute atomic E-state index is 13.5. The van der Waals surface area contributed by atoms with Crippen molar-refractivity contribution in [2.24, 2.45) is 0 Å². The zero-order valence-corrected chi connectivity index (χ0v) is 13.0. The lowest BCUT2D eigenvalue weighted by Gasteiger charge is -2.08. The molecule has 5 nitrogen and oxygen atoms in total. The molecule has 0 unspecified atom stereocenters. The molecule has 2 N–H and O–H groups in total. The first-order valence-corrected chi connectivity index (χ1v) is 7.20. The van der Waals surface area contributed by atoms with Crippen LogP contribution in [0.5, 0.6) is 5.75 Å². The average molecular weight is 402 g/mol. The van der Waals surface area contributed by atoms with Crippen LogP contribution in [0.15, 0.2) is 36.4 Å². The molecule has 0 heterocycles. The highest BCUT2D eigenvalue weighted by Crippen LogP contribution is 2.28. The van der Waals surface area contributed by atoms with E-state index in [0.29, 0.717) is 13.0 Å². The molecule has 2 aromatic carbocycles. The molecule has 0 radical (unpaired) electrons. The Balaban J connectivity index is 2.07. The van der Waals surface area contributed by atoms with Crippen LogP contribution < -0.4 is 5.32 Å². The second-order valence-corrected chi connectivity index (χ2v) is 5.55. The minimum absolute atomic E-state index is 0.147. The van der Waals surface area contributed by atoms with Crippen molar-refractivity contribution < 1.29 is 14.4 Å². The van der Waals surface area contributed by atoms with Crippen LogP contribution in [-0.2, 0) is 6.42 Å². The molecule has 0 aliphatic heterocycles. The second kappa shape index (κ2) is 6.70. The van der Waals surface area contributed by atoms with E-state index in [1.54, 1.807) is 46.9 Å². The van der Waals surface area contributed by atoms with Crippen LogP contribution in [0.1, 0.15) is 5.56 Å². The number of phenols is 1. The molecule has 2 rings (SSSR count). The van der Waals surface area contributed by atoms with Gasteiger partial charge in [-0.05, 0) is 46.7 Å². The van der Waals surface area contributed by atoms with Crippen LogP contribution >= 0.6 is 22.6 Å². The lowest BCUT2D eigenvalue weighted by atomic mass is 10.1. The summed E-state index contributed by atoms with van der Waals surface area (Å²) in [6.07, 6.45) is 0.602. The predicted molar refractivity (Wildman–Crippen MR) is 86.1 cm³/mol. The van der Waals surface area contributed by atoms with Crippen molar-refractivity contribution >= 4 is 34.0 Å². The highest BCUT2D eigenvalue weighted by Gasteiger charge is 2.17. The summed E-state index contributed by atoms with van der Waals surface area (Å²) in [5.41, 5.74) is 0.983. The van der Waals surface area contributed by atoms with Gasteiger partial charge in [0.2, 0.25) is 0 Å². The number of phenolic OH excluding ortho intramolecular Hbond substituents is 1. The molecular weight excluding hydrogens is 390 g/mol. The lowest BCUT2D eigenvalue weighted by molar-refractivity contribution is -0.384. The van der Waals surface area contributed by atoms with Gasteiger partial charge in [-0.1, -0.05) is 12.1 Å². The molecule has 110 valence electrons. The van der Waals surface area contributed by atoms with Gasteiger partial charge in [-0.2, -0.15) is 0 Å². The van der Waals surface area contributed by atoms with Crippen LogP contribution in [-0.4, -0.2) is 16.6 Å². The molecule has 0 fully saturated rings. The van der Waals surface area contributed by atoms with Gasteiger partial charge in [-0.3, -0.25) is 10.1 Å². The van der Waals surface area contributed by atoms with E-state index in [1.165, 1.54) is 6.07 Å². The molecule has 2 aromatic rings. The molecule has 7 heteroatoms. The van der Waals surface area contributed by atoms with Gasteiger partial charge in [0.25, 0.3) is 5.69 Å². The molecule has 0 saturated carbocycles. The molecule has 0 aromatic heterocycles. The first-order valence-electron chi connectivity index (χ1n) is 6.12. The molecule has 0 bridgehead atoms. The van der Waals surface area contributed by atoms with Gasteiger partial charge in [-0.15, -0.1) is 0 Å². The fourth-order valence-electron chi connectivity index (χ4n) is 1.83. The summed E-state index contributed by atoms with van der Waals surface area (Å²) < 4.78 is 13.7. The van der Waals surface area contributed by atoms with Crippen molar-refractivity contribution in [3.63, 3.8) is 0 Å². The molecule has 0 aliphatic rings. The van der Waals surface area contributed by atoms with Crippen LogP contribution in [0.25, 0.3) is 0 Å². The summed E-state index contributed by atoms with van der Waals surface area (Å²) in [5, 5.41) is 23.0. The summed E-state index contributed by atoms with van der Waals surface area (Å²) in [6.45, 7) is 0.422. The summed E-state index contributed by atoms with van der Waals surface area (Å²) >= 11 is 1.72. The predicted octanol–water partition coefficient (Wildman–Crippen LogP) is 3.70. The number of hydrogen-bond donors (Lipinski definition) is 2. The van der Waals surface area contributed by atoms with Gasteiger partial charge in [0.1, 0.15) is 17.3 Å². The molecule has 0 atom stereocenters. The largest absolute Gasteiger partial charge is 0.508 e. The number of halogens is 2. The Morgan fingerprint density at radius 3 is 2.57 bits per heavy atom. The SMILES string of the molecule is O=[N+]([O-])c1cc(I)c(F)cc1NCCc1ccc(O)cc1. The number of nitro groups is 1. The van der Waals surface area contributed by atoms with Gasteiger partial charge in [0.05, 0.1) is 8.49 Å². The van der Waals surface area contributed by atoms with Crippen LogP contribution in [0.2, 0.25) is 0 Å². The van der Waals surface area contributed by atoms with E-state index in [4.69, 9.17) is 0 Å². The maximum atomic E-state index is 13.5. The number of rotatable bonds is 5. The Morgan fingerprint density at radius 1 is 1.29 bits per heavy atom. The van der Waals surface area contributed by atoms with E-state index in [0.717, 1.165) is 11.6 Å². The highest BCUT2D eigenvalue weighted by molar-refractivity contribution is 14.1. The number of hydrogen-bond acceptors (Lipinski definition) is 4. The Hall–Kier alpha value is -1.90. The fraction of sp³-hybridized carbons (Fsp3) is 0.143. The van der Waals surface area contributed by atoms with Crippen molar-refractivity contribution in [1.29, 1.82) is 0 Å². The standard InChI is InChI=1S/C14H12FIN2O3/c15-11-7-13(14(18(20)21)8-12(11)16)17-6-5-9-1-3-10(19)4-2-9/h1-4,7-8,17,19H,5-6H2. The average Bonchev–Trinajstić information content (AvgIpc) is 2.44. The van der Waals surface area contributed by atoms with Crippen molar-refractivity contribution in [2.75, 3.05) is 11.9 Å². The van der Waals surface area contributed by atoms with Gasteiger partial charge in [0.15, 0.2) is 0 Å². The van der Waals surface area contributed by atoms with Gasteiger partial charge >= 0.3 is 0 Å². The van der Waals surface area contributed by atoms with Crippen LogP contribution in [0.4, 0.5) is 15.8 Å². The summed E-state index contributed by atoms with van der Waals surface area (Å²) in [7, 11) is 0. The number of nitrogens with one attached hydrogen (secondary N) is 1. The Bertz CT molecular complexity index is 662. The van der Waals surface area contributed by atoms with E-state index < -0.39 is 10.7 Å². The van der Waals surface area contributed by atoms with Gasteiger partial charge in [0, 0.05) is 18.7 Å². The Morgan fingerprint density at radius 2 is 1.95 bits per heavy atom. The zero-order valence-electron chi connectivity index (χ0n) is 10.8. The lowest BCUT2D eigenvalue weighted by Crippen LogP contribution is -2.07. The van der Waals surface area contributed by atoms with Crippen molar-refractivity contribution in [2.45, 2.75) is 6.42 Å². The summed E-state index contributed by atoms with van der Waals surface area (Å²) in [4.78, 5) is 10.4. The van der Waals surface area contributed by atoms with E-state index in [-0.39, 0.29) is 20.7 Å². The third kappa shape index (κ3) is 4.03. The zero-order chi connectivity index (χ0) is 15.4. The smallest absolute Gasteiger partial charge is 0.293 e. The van der Waals surface area contributed by atoms with E-state index in [2.05, 4.69) is 5.32 Å². The quantitative estimate of drug-likeness (QED) is 0.455. The number of anilines is 1. The van der Waals surface area contributed by atoms with Crippen molar-refractivity contribution in [1.82, 2.24) is 0 Å². The minimum atomic E-state index is -0.537. The van der Waals surface area contributed by atoms with E-state index >= 15 is 0 Å². The molecular formula is C14H12FIN2O3. The molecule has 0 aliphatic carbocycles. The fourth-order valence-corrected chi connectivity index (χ4v) is 2.28. The normalized spacial score (nSPS) is 10.4. The molecule has 0 saturated heterocycles. The van der Waals surface area contributed by atoms with Gasteiger partial charge in [-0.25, -0.2) is 4.39 Å². The van der Waals surface area contributed by atoms with E-state index in [1.807, 2.05) is 0 Å². The first-order chi connectivity index (χ1) is 9.97. The topological polar surface area (TPSA) is 75.4 Å². The Kier molecular flexibility index (Phi) is 4.94. The Labute approximate surface area is 134 Å². The minimum Gasteiger partial charge on any atom is -0.508 e. The number of benzene rings is 2. The highest BCUT2D eigenvalue weighted by atomic mass is 127. The number of nitro benzene ring substituents is 1. The monoisotopic (exact) mass is 402 g/mol. The second-order valence-electron chi connectivity index (χ2n) is 4.38. The summed E-state index contributed by atoms with van der Waals surface area (Å²) in [5.74, 6) is -0.310. The third-order valence-electron chi connectivity index (χ3n) is 2.90. The summed E-state index contributed by atoms with van der Waals surface area (Å²) in [6, 6.07) is 9.01. The first kappa shape index (κ1) is 15.5. The van der Waals surface area contributed by atoms with Gasteiger partial charge < -0.3 is 10.4 Å². The third-order valence-corrected chi connectivity index (χ3v) is 3.73. The molecule has 0 spiro atoms. The molecule has 21 heavy (non-hydrogen) atoms. The number of aromatic hydroxyl groups is 1. The maximum Gasteiger partial charge on any atom is 0.293 e. The van der Waals surface area contributed by atoms with E-state index in [9.17, 15) is 19.6 Å².